The van der Waals surface area contributed by atoms with E-state index in [-0.39, 0.29) is 35.7 Å². The van der Waals surface area contributed by atoms with Gasteiger partial charge in [0.1, 0.15) is 5.78 Å². The number of ketones is 1. The topological polar surface area (TPSA) is 52.6 Å². The molecule has 0 spiro atoms. The molecule has 0 aromatic rings. The van der Waals surface area contributed by atoms with Gasteiger partial charge in [-0.2, -0.15) is 0 Å². The molecule has 0 aromatic carbocycles. The Morgan fingerprint density at radius 3 is 2.58 bits per heavy atom. The number of Topliss-reactive ketones (excluding diaryl/α,β-unsaturated/α-hetero) is 1. The first-order valence-electron chi connectivity index (χ1n) is 9.14. The molecule has 5 atom stereocenters. The lowest BCUT2D eigenvalue weighted by molar-refractivity contribution is -0.160. The van der Waals surface area contributed by atoms with E-state index in [0.717, 1.165) is 32.1 Å². The van der Waals surface area contributed by atoms with Gasteiger partial charge in [-0.15, -0.1) is 6.58 Å². The number of esters is 1. The first kappa shape index (κ1) is 19.2. The lowest BCUT2D eigenvalue weighted by Crippen LogP contribution is -2.49. The van der Waals surface area contributed by atoms with E-state index in [1.54, 1.807) is 7.11 Å². The Kier molecular flexibility index (Phi) is 6.24. The molecule has 136 valence electrons. The first-order chi connectivity index (χ1) is 11.3. The van der Waals surface area contributed by atoms with Crippen LogP contribution in [0.1, 0.15) is 52.9 Å². The lowest BCUT2D eigenvalue weighted by atomic mass is 9.60. The maximum absolute atomic E-state index is 12.9. The predicted octanol–water partition coefficient (Wildman–Crippen LogP) is 3.79. The third-order valence-corrected chi connectivity index (χ3v) is 5.64. The van der Waals surface area contributed by atoms with Crippen molar-refractivity contribution in [1.29, 1.82) is 0 Å². The third-order valence-electron chi connectivity index (χ3n) is 5.64. The maximum atomic E-state index is 12.9. The number of methoxy groups -OCH3 is 1. The Hall–Kier alpha value is -1.16. The highest BCUT2D eigenvalue weighted by Crippen LogP contribution is 2.46. The van der Waals surface area contributed by atoms with Crippen molar-refractivity contribution in [3.63, 3.8) is 0 Å². The van der Waals surface area contributed by atoms with Crippen LogP contribution in [0.3, 0.4) is 0 Å². The quantitative estimate of drug-likeness (QED) is 0.547. The molecule has 4 heteroatoms. The Morgan fingerprint density at radius 2 is 2.00 bits per heavy atom. The molecule has 2 saturated carbocycles. The zero-order valence-electron chi connectivity index (χ0n) is 15.5. The minimum Gasteiger partial charge on any atom is -0.465 e. The van der Waals surface area contributed by atoms with Crippen molar-refractivity contribution in [2.24, 2.45) is 29.1 Å². The Balaban J connectivity index is 2.11. The highest BCUT2D eigenvalue weighted by Gasteiger charge is 2.48. The number of fused-ring (bicyclic) bond motifs is 2. The van der Waals surface area contributed by atoms with Gasteiger partial charge in [0.2, 0.25) is 0 Å². The normalized spacial score (nSPS) is 31.4. The highest BCUT2D eigenvalue weighted by molar-refractivity contribution is 5.85. The molecular weight excluding hydrogens is 304 g/mol. The summed E-state index contributed by atoms with van der Waals surface area (Å²) in [7, 11) is 1.71. The Bertz CT molecular complexity index is 477. The molecule has 2 fully saturated rings. The average molecular weight is 336 g/mol. The van der Waals surface area contributed by atoms with Crippen molar-refractivity contribution < 1.29 is 19.1 Å². The molecule has 0 radical (unpaired) electrons. The smallest absolute Gasteiger partial charge is 0.311 e. The largest absolute Gasteiger partial charge is 0.465 e. The molecule has 2 bridgehead atoms. The molecule has 4 nitrogen and oxygen atoms in total. The van der Waals surface area contributed by atoms with Crippen LogP contribution in [0.25, 0.3) is 0 Å². The minimum atomic E-state index is -0.509. The highest BCUT2D eigenvalue weighted by atomic mass is 16.5. The molecule has 24 heavy (non-hydrogen) atoms. The van der Waals surface area contributed by atoms with Gasteiger partial charge in [-0.1, -0.05) is 12.5 Å². The van der Waals surface area contributed by atoms with Gasteiger partial charge in [0.05, 0.1) is 18.1 Å². The summed E-state index contributed by atoms with van der Waals surface area (Å²) in [6.07, 6.45) is 6.50. The Labute approximate surface area is 146 Å². The fraction of sp³-hybridized carbons (Fsp3) is 0.800. The fourth-order valence-corrected chi connectivity index (χ4v) is 4.29. The van der Waals surface area contributed by atoms with Crippen LogP contribution in [0.4, 0.5) is 0 Å². The molecular formula is C20H32O4. The first-order valence-corrected chi connectivity index (χ1v) is 9.14. The van der Waals surface area contributed by atoms with Crippen LogP contribution in [0.2, 0.25) is 0 Å². The fourth-order valence-electron chi connectivity index (χ4n) is 4.29. The van der Waals surface area contributed by atoms with Crippen LogP contribution in [0, 0.1) is 29.1 Å². The van der Waals surface area contributed by atoms with E-state index in [2.05, 4.69) is 6.58 Å². The third kappa shape index (κ3) is 4.08. The molecule has 0 aliphatic heterocycles. The van der Waals surface area contributed by atoms with Gasteiger partial charge in [-0.25, -0.2) is 0 Å². The van der Waals surface area contributed by atoms with E-state index < -0.39 is 5.41 Å². The number of ether oxygens (including phenoxy) is 2. The second-order valence-corrected chi connectivity index (χ2v) is 8.35. The summed E-state index contributed by atoms with van der Waals surface area (Å²) < 4.78 is 11.2. The second-order valence-electron chi connectivity index (χ2n) is 8.35. The van der Waals surface area contributed by atoms with Crippen LogP contribution in [0.5, 0.6) is 0 Å². The van der Waals surface area contributed by atoms with Crippen molar-refractivity contribution in [2.75, 3.05) is 13.7 Å². The number of rotatable bonds is 6. The minimum absolute atomic E-state index is 0.0244. The number of hydrogen-bond acceptors (Lipinski definition) is 4. The number of hydrogen-bond donors (Lipinski definition) is 0. The predicted molar refractivity (Wildman–Crippen MR) is 93.5 cm³/mol. The van der Waals surface area contributed by atoms with E-state index in [1.807, 2.05) is 26.8 Å². The SMILES string of the molecule is C=CC[C@H](OC)[C@@H]1C[C@H](COC(=O)C(C)(C)C)[C@H]2CCC[C@@H]1C2=O. The molecule has 2 aliphatic carbocycles. The van der Waals surface area contributed by atoms with Gasteiger partial charge in [0, 0.05) is 24.9 Å². The Morgan fingerprint density at radius 1 is 1.33 bits per heavy atom. The zero-order valence-corrected chi connectivity index (χ0v) is 15.5. The van der Waals surface area contributed by atoms with Crippen LogP contribution in [0.15, 0.2) is 12.7 Å². The van der Waals surface area contributed by atoms with Gasteiger partial charge >= 0.3 is 5.97 Å². The van der Waals surface area contributed by atoms with Gasteiger partial charge < -0.3 is 9.47 Å². The molecule has 0 aromatic heterocycles. The van der Waals surface area contributed by atoms with E-state index in [9.17, 15) is 9.59 Å². The van der Waals surface area contributed by atoms with Crippen molar-refractivity contribution in [1.82, 2.24) is 0 Å². The molecule has 0 amide bonds. The van der Waals surface area contributed by atoms with Crippen LogP contribution in [-0.2, 0) is 19.1 Å². The van der Waals surface area contributed by atoms with Gasteiger partial charge in [0.25, 0.3) is 0 Å². The number of carbonyl (C=O) groups is 2. The summed E-state index contributed by atoms with van der Waals surface area (Å²) in [5.41, 5.74) is -0.509. The average Bonchev–Trinajstić information content (AvgIpc) is 2.51. The molecule has 0 heterocycles. The standard InChI is InChI=1S/C20H32O4/c1-6-8-17(23-5)16-11-13(12-24-19(22)20(2,3)4)14-9-7-10-15(16)18(14)21/h6,13-17H,1,7-12H2,2-5H3/t13-,14-,15+,16-,17+/m1/s1. The van der Waals surface area contributed by atoms with E-state index in [0.29, 0.717) is 12.4 Å². The van der Waals surface area contributed by atoms with Crippen molar-refractivity contribution in [3.05, 3.63) is 12.7 Å². The number of carbonyl (C=O) groups excluding carboxylic acids is 2. The lowest BCUT2D eigenvalue weighted by Gasteiger charge is -2.45. The van der Waals surface area contributed by atoms with E-state index >= 15 is 0 Å². The van der Waals surface area contributed by atoms with Crippen LogP contribution in [-0.4, -0.2) is 31.6 Å². The van der Waals surface area contributed by atoms with Crippen LogP contribution >= 0.6 is 0 Å². The molecule has 0 N–H and O–H groups in total. The van der Waals surface area contributed by atoms with E-state index in [4.69, 9.17) is 9.47 Å². The molecule has 0 unspecified atom stereocenters. The monoisotopic (exact) mass is 336 g/mol. The molecule has 2 aliphatic rings. The molecule has 2 rings (SSSR count). The summed E-state index contributed by atoms with van der Waals surface area (Å²) in [6, 6.07) is 0. The summed E-state index contributed by atoms with van der Waals surface area (Å²) in [6.45, 7) is 9.72. The summed E-state index contributed by atoms with van der Waals surface area (Å²) >= 11 is 0. The summed E-state index contributed by atoms with van der Waals surface area (Å²) in [5.74, 6) is 0.639. The van der Waals surface area contributed by atoms with Gasteiger partial charge in [-0.3, -0.25) is 9.59 Å². The maximum Gasteiger partial charge on any atom is 0.311 e. The van der Waals surface area contributed by atoms with E-state index in [1.165, 1.54) is 0 Å². The van der Waals surface area contributed by atoms with Gasteiger partial charge in [-0.05, 0) is 52.4 Å². The van der Waals surface area contributed by atoms with Crippen molar-refractivity contribution in [2.45, 2.75) is 59.0 Å². The zero-order chi connectivity index (χ0) is 17.9. The van der Waals surface area contributed by atoms with Crippen molar-refractivity contribution in [3.8, 4) is 0 Å². The molecule has 0 saturated heterocycles. The second kappa shape index (κ2) is 7.81. The summed E-state index contributed by atoms with van der Waals surface area (Å²) in [5, 5.41) is 0. The van der Waals surface area contributed by atoms with Crippen molar-refractivity contribution >= 4 is 11.8 Å². The van der Waals surface area contributed by atoms with Gasteiger partial charge in [0.15, 0.2) is 0 Å². The summed E-state index contributed by atoms with van der Waals surface area (Å²) in [4.78, 5) is 25.0. The van der Waals surface area contributed by atoms with Crippen LogP contribution < -0.4 is 0 Å².